The third-order valence-corrected chi connectivity index (χ3v) is 0. The average molecular weight is 712 g/mol. The van der Waals surface area contributed by atoms with Crippen molar-refractivity contribution in [3.8, 4) is 0 Å². The fourth-order valence-electron chi connectivity index (χ4n) is 0. The summed E-state index contributed by atoms with van der Waals surface area (Å²) in [7, 11) is 0. The van der Waals surface area contributed by atoms with Gasteiger partial charge in [0.2, 0.25) is 0 Å². The van der Waals surface area contributed by atoms with Crippen LogP contribution in [0.5, 0.6) is 0 Å². The average Bonchev–Trinajstić information content (AvgIpc) is 0.722. The van der Waals surface area contributed by atoms with Crippen LogP contribution in [-0.4, -0.2) is 4.00 Å². The maximum absolute atomic E-state index is 2.57. The summed E-state index contributed by atoms with van der Waals surface area (Å²) in [4.78, 5) is 0. The maximum atomic E-state index is 2.57. The molecule has 0 nitrogen and oxygen atoms in total. The number of rotatable bonds is 0. The molecule has 0 bridgehead atoms. The van der Waals surface area contributed by atoms with Gasteiger partial charge in [-0.3, -0.25) is 0 Å². The SMILES string of the molecule is [I][Tl]([I])([I])[I]. The molecule has 0 radical (unpaired) electrons. The minimum atomic E-state index is -1.45. The van der Waals surface area contributed by atoms with Crippen LogP contribution in [0.25, 0.3) is 0 Å². The molecule has 5 heteroatoms. The van der Waals surface area contributed by atoms with Crippen LogP contribution in [0.3, 0.4) is 0 Å². The summed E-state index contributed by atoms with van der Waals surface area (Å²) in [6, 6.07) is 0. The van der Waals surface area contributed by atoms with Gasteiger partial charge in [-0.05, 0) is 0 Å². The summed E-state index contributed by atoms with van der Waals surface area (Å²) in [5, 5.41) is 0. The molecule has 0 saturated carbocycles. The van der Waals surface area contributed by atoms with E-state index in [4.69, 9.17) is 0 Å². The fourth-order valence-corrected chi connectivity index (χ4v) is 0. The Balaban J connectivity index is 3.02. The van der Waals surface area contributed by atoms with E-state index in [0.717, 1.165) is 0 Å². The van der Waals surface area contributed by atoms with Crippen molar-refractivity contribution >= 4 is 75.0 Å². The molecule has 0 atom stereocenters. The molecule has 0 spiro atoms. The van der Waals surface area contributed by atoms with Crippen molar-refractivity contribution in [3.63, 3.8) is 0 Å². The van der Waals surface area contributed by atoms with Gasteiger partial charge in [0.15, 0.2) is 0 Å². The second-order valence-electron chi connectivity index (χ2n) is 0.495. The summed E-state index contributed by atoms with van der Waals surface area (Å²) in [5.41, 5.74) is 0. The van der Waals surface area contributed by atoms with Crippen LogP contribution in [0.4, 0.5) is 0 Å². The van der Waals surface area contributed by atoms with E-state index in [-0.39, 0.29) is 0 Å². The second kappa shape index (κ2) is 3.79. The normalized spacial score (nSPS) is 12.0. The molecule has 31 valence electrons. The Morgan fingerprint density at radius 3 is 0.800 bits per heavy atom. The number of hydrogen-bond donors (Lipinski definition) is 0. The predicted octanol–water partition coefficient (Wildman–Crippen LogP) is 3.16. The molecule has 0 rings (SSSR count). The topological polar surface area (TPSA) is 0 Å². The summed E-state index contributed by atoms with van der Waals surface area (Å²) >= 11 is 10.3. The van der Waals surface area contributed by atoms with Crippen LogP contribution in [0.2, 0.25) is 0 Å². The van der Waals surface area contributed by atoms with E-state index in [1.54, 1.807) is 0 Å². The monoisotopic (exact) mass is 713 g/mol. The molecule has 0 aromatic carbocycles. The van der Waals surface area contributed by atoms with Crippen LogP contribution < -0.4 is 0 Å². The van der Waals surface area contributed by atoms with Crippen LogP contribution in [0.15, 0.2) is 0 Å². The molecule has 0 unspecified atom stereocenters. The molecule has 0 heterocycles. The summed E-state index contributed by atoms with van der Waals surface area (Å²) in [6.07, 6.45) is 0. The van der Waals surface area contributed by atoms with Gasteiger partial charge in [0, 0.05) is 0 Å². The van der Waals surface area contributed by atoms with Crippen molar-refractivity contribution in [2.24, 2.45) is 0 Å². The zero-order chi connectivity index (χ0) is 4.50. The van der Waals surface area contributed by atoms with Crippen molar-refractivity contribution in [2.75, 3.05) is 0 Å². The molecule has 0 aliphatic heterocycles. The van der Waals surface area contributed by atoms with Gasteiger partial charge >= 0.3 is 75.0 Å². The molecular formula is I4Tl. The molecule has 0 aliphatic carbocycles. The van der Waals surface area contributed by atoms with Crippen LogP contribution in [0.1, 0.15) is 0 Å². The Bertz CT molecular complexity index is 19.1. The van der Waals surface area contributed by atoms with Gasteiger partial charge in [-0.25, -0.2) is 0 Å². The van der Waals surface area contributed by atoms with Crippen molar-refractivity contribution in [1.82, 2.24) is 0 Å². The van der Waals surface area contributed by atoms with Gasteiger partial charge in [0.05, 0.1) is 0 Å². The van der Waals surface area contributed by atoms with Gasteiger partial charge in [0.25, 0.3) is 0 Å². The third-order valence-electron chi connectivity index (χ3n) is 0. The molecule has 0 amide bonds. The fraction of sp³-hybridized carbons (Fsp3) is 0. The first-order valence-corrected chi connectivity index (χ1v) is 51.4. The van der Waals surface area contributed by atoms with Gasteiger partial charge in [-0.2, -0.15) is 0 Å². The summed E-state index contributed by atoms with van der Waals surface area (Å²) in [6.45, 7) is 0. The van der Waals surface area contributed by atoms with E-state index in [9.17, 15) is 0 Å². The molecule has 0 aromatic rings. The minimum absolute atomic E-state index is 1.45. The zero-order valence-electron chi connectivity index (χ0n) is 2.09. The number of halogens is 4. The Morgan fingerprint density at radius 1 is 0.800 bits per heavy atom. The zero-order valence-corrected chi connectivity index (χ0v) is 15.2. The Hall–Kier alpha value is 3.84. The first-order chi connectivity index (χ1) is 2.00. The van der Waals surface area contributed by atoms with E-state index in [0.29, 0.717) is 0 Å². The summed E-state index contributed by atoms with van der Waals surface area (Å²) < 4.78 is -1.45. The Morgan fingerprint density at radius 2 is 0.800 bits per heavy atom. The van der Waals surface area contributed by atoms with Gasteiger partial charge in [0.1, 0.15) is 0 Å². The number of hydrogen-bond acceptors (Lipinski definition) is 0. The molecule has 0 aromatic heterocycles. The van der Waals surface area contributed by atoms with Crippen LogP contribution in [0, 0.1) is 0 Å². The van der Waals surface area contributed by atoms with Crippen LogP contribution in [-0.2, 0) is 0 Å². The first kappa shape index (κ1) is 8.84. The van der Waals surface area contributed by atoms with Gasteiger partial charge < -0.3 is 0 Å². The second-order valence-corrected chi connectivity index (χ2v) is 195. The molecule has 0 fully saturated rings. The molecule has 0 aliphatic rings. The van der Waals surface area contributed by atoms with Crippen molar-refractivity contribution in [1.29, 1.82) is 0 Å². The van der Waals surface area contributed by atoms with Crippen LogP contribution >= 0.6 is 71.0 Å². The van der Waals surface area contributed by atoms with E-state index in [1.165, 1.54) is 0 Å². The van der Waals surface area contributed by atoms with E-state index in [2.05, 4.69) is 71.0 Å². The Kier molecular flexibility index (Phi) is 6.70. The van der Waals surface area contributed by atoms with E-state index < -0.39 is 4.00 Å². The first-order valence-electron chi connectivity index (χ1n) is 0.873. The standard InChI is InChI=1S/4HI.Tl/h4*1H;/q;;;;+4/p-4. The molecule has 5 heavy (non-hydrogen) atoms. The molecule has 0 N–H and O–H groups in total. The van der Waals surface area contributed by atoms with E-state index in [1.807, 2.05) is 0 Å². The quantitative estimate of drug-likeness (QED) is 0.268. The van der Waals surface area contributed by atoms with Crippen molar-refractivity contribution in [3.05, 3.63) is 0 Å². The van der Waals surface area contributed by atoms with Gasteiger partial charge in [-0.1, -0.05) is 0 Å². The Labute approximate surface area is 72.1 Å². The predicted molar refractivity (Wildman–Crippen MR) is 61.8 cm³/mol. The third kappa shape index (κ3) is 18.1. The van der Waals surface area contributed by atoms with E-state index >= 15 is 0 Å². The van der Waals surface area contributed by atoms with Crippen molar-refractivity contribution < 1.29 is 0 Å². The van der Waals surface area contributed by atoms with Gasteiger partial charge in [-0.15, -0.1) is 0 Å². The molecule has 0 saturated heterocycles. The van der Waals surface area contributed by atoms with Crippen molar-refractivity contribution in [2.45, 2.75) is 0 Å². The summed E-state index contributed by atoms with van der Waals surface area (Å²) in [5.74, 6) is 0. The molecular weight excluding hydrogens is 712 g/mol.